The molecule has 1 saturated heterocycles. The first kappa shape index (κ1) is 18.3. The highest BCUT2D eigenvalue weighted by atomic mass is 32.2. The molecule has 3 rings (SSSR count). The standard InChI is InChI=1S/C18H20FN3O3S/c1-22(16-8-9-26(24,25)12-16)17-7-4-14(11-20-17)18(23)21-10-13-2-5-15(19)6-3-13/h2-7,11,16H,8-10,12H2,1H3,(H,21,23). The van der Waals surface area contributed by atoms with Gasteiger partial charge in [0.2, 0.25) is 0 Å². The monoisotopic (exact) mass is 377 g/mol. The molecule has 0 spiro atoms. The van der Waals surface area contributed by atoms with Crippen LogP contribution in [0.2, 0.25) is 0 Å². The number of pyridine rings is 1. The number of hydrogen-bond donors (Lipinski definition) is 1. The van der Waals surface area contributed by atoms with Crippen LogP contribution in [0.15, 0.2) is 42.6 Å². The lowest BCUT2D eigenvalue weighted by atomic mass is 10.2. The van der Waals surface area contributed by atoms with Crippen LogP contribution in [-0.2, 0) is 16.4 Å². The SMILES string of the molecule is CN(c1ccc(C(=O)NCc2ccc(F)cc2)cn1)C1CCS(=O)(=O)C1. The van der Waals surface area contributed by atoms with E-state index in [9.17, 15) is 17.6 Å². The Morgan fingerprint density at radius 2 is 2.00 bits per heavy atom. The van der Waals surface area contributed by atoms with Crippen LogP contribution < -0.4 is 10.2 Å². The summed E-state index contributed by atoms with van der Waals surface area (Å²) in [5.41, 5.74) is 1.20. The van der Waals surface area contributed by atoms with Crippen molar-refractivity contribution in [1.29, 1.82) is 0 Å². The van der Waals surface area contributed by atoms with Gasteiger partial charge in [-0.05, 0) is 36.2 Å². The Bertz CT molecular complexity index is 883. The van der Waals surface area contributed by atoms with Crippen molar-refractivity contribution in [2.45, 2.75) is 19.0 Å². The summed E-state index contributed by atoms with van der Waals surface area (Å²) in [5, 5.41) is 2.75. The lowest BCUT2D eigenvalue weighted by Gasteiger charge is -2.24. The van der Waals surface area contributed by atoms with Crippen molar-refractivity contribution in [3.63, 3.8) is 0 Å². The summed E-state index contributed by atoms with van der Waals surface area (Å²) in [4.78, 5) is 18.3. The molecule has 6 nitrogen and oxygen atoms in total. The molecule has 1 aliphatic heterocycles. The van der Waals surface area contributed by atoms with Crippen molar-refractivity contribution in [1.82, 2.24) is 10.3 Å². The van der Waals surface area contributed by atoms with E-state index < -0.39 is 9.84 Å². The average molecular weight is 377 g/mol. The van der Waals surface area contributed by atoms with E-state index in [4.69, 9.17) is 0 Å². The number of halogens is 1. The van der Waals surface area contributed by atoms with Gasteiger partial charge in [0.05, 0.1) is 17.1 Å². The predicted octanol–water partition coefficient (Wildman–Crippen LogP) is 1.77. The zero-order valence-electron chi connectivity index (χ0n) is 14.4. The van der Waals surface area contributed by atoms with Crippen molar-refractivity contribution in [2.75, 3.05) is 23.5 Å². The van der Waals surface area contributed by atoms with Gasteiger partial charge >= 0.3 is 0 Å². The first-order valence-corrected chi connectivity index (χ1v) is 10.1. The highest BCUT2D eigenvalue weighted by Crippen LogP contribution is 2.21. The van der Waals surface area contributed by atoms with Crippen LogP contribution in [0.25, 0.3) is 0 Å². The first-order valence-electron chi connectivity index (χ1n) is 8.26. The van der Waals surface area contributed by atoms with Crippen LogP contribution in [0.5, 0.6) is 0 Å². The van der Waals surface area contributed by atoms with Gasteiger partial charge in [-0.3, -0.25) is 4.79 Å². The molecule has 1 aromatic carbocycles. The Balaban J connectivity index is 1.59. The molecule has 1 aliphatic rings. The minimum absolute atomic E-state index is 0.0920. The van der Waals surface area contributed by atoms with Gasteiger partial charge in [-0.1, -0.05) is 12.1 Å². The van der Waals surface area contributed by atoms with E-state index in [1.165, 1.54) is 18.3 Å². The molecule has 0 radical (unpaired) electrons. The molecule has 138 valence electrons. The van der Waals surface area contributed by atoms with E-state index >= 15 is 0 Å². The van der Waals surface area contributed by atoms with Crippen LogP contribution in [0, 0.1) is 5.82 Å². The van der Waals surface area contributed by atoms with Gasteiger partial charge in [0.15, 0.2) is 9.84 Å². The van der Waals surface area contributed by atoms with Gasteiger partial charge < -0.3 is 10.2 Å². The topological polar surface area (TPSA) is 79.4 Å². The second kappa shape index (κ2) is 7.41. The van der Waals surface area contributed by atoms with Gasteiger partial charge in [-0.25, -0.2) is 17.8 Å². The molecule has 1 unspecified atom stereocenters. The number of amides is 1. The maximum atomic E-state index is 12.9. The molecule has 0 aliphatic carbocycles. The summed E-state index contributed by atoms with van der Waals surface area (Å²) in [6, 6.07) is 9.18. The number of anilines is 1. The molecule has 2 aromatic rings. The lowest BCUT2D eigenvalue weighted by Crippen LogP contribution is -2.33. The van der Waals surface area contributed by atoms with E-state index in [0.29, 0.717) is 24.3 Å². The molecule has 1 N–H and O–H groups in total. The van der Waals surface area contributed by atoms with Crippen LogP contribution in [0.3, 0.4) is 0 Å². The number of sulfone groups is 1. The van der Waals surface area contributed by atoms with E-state index in [0.717, 1.165) is 5.56 Å². The first-order chi connectivity index (χ1) is 12.3. The Kier molecular flexibility index (Phi) is 5.22. The Hall–Kier alpha value is -2.48. The average Bonchev–Trinajstić information content (AvgIpc) is 3.00. The summed E-state index contributed by atoms with van der Waals surface area (Å²) < 4.78 is 36.1. The minimum Gasteiger partial charge on any atom is -0.356 e. The van der Waals surface area contributed by atoms with Crippen LogP contribution >= 0.6 is 0 Å². The quantitative estimate of drug-likeness (QED) is 0.859. The van der Waals surface area contributed by atoms with Crippen molar-refractivity contribution in [3.8, 4) is 0 Å². The summed E-state index contributed by atoms with van der Waals surface area (Å²) in [6.45, 7) is 0.292. The summed E-state index contributed by atoms with van der Waals surface area (Å²) in [7, 11) is -1.16. The van der Waals surface area contributed by atoms with Crippen LogP contribution in [0.4, 0.5) is 10.2 Å². The number of nitrogens with one attached hydrogen (secondary N) is 1. The number of carbonyl (C=O) groups excluding carboxylic acids is 1. The predicted molar refractivity (Wildman–Crippen MR) is 97.3 cm³/mol. The molecule has 2 heterocycles. The fourth-order valence-electron chi connectivity index (χ4n) is 2.88. The highest BCUT2D eigenvalue weighted by molar-refractivity contribution is 7.91. The number of rotatable bonds is 5. The Morgan fingerprint density at radius 3 is 2.58 bits per heavy atom. The third-order valence-electron chi connectivity index (χ3n) is 4.49. The molecule has 1 aromatic heterocycles. The van der Waals surface area contributed by atoms with Crippen molar-refractivity contribution < 1.29 is 17.6 Å². The zero-order chi connectivity index (χ0) is 18.7. The lowest BCUT2D eigenvalue weighted by molar-refractivity contribution is 0.0950. The molecule has 8 heteroatoms. The molecule has 1 fully saturated rings. The number of hydrogen-bond acceptors (Lipinski definition) is 5. The number of aromatic nitrogens is 1. The summed E-state index contributed by atoms with van der Waals surface area (Å²) >= 11 is 0. The molecule has 26 heavy (non-hydrogen) atoms. The summed E-state index contributed by atoms with van der Waals surface area (Å²) in [6.07, 6.45) is 2.05. The van der Waals surface area contributed by atoms with E-state index in [2.05, 4.69) is 10.3 Å². The summed E-state index contributed by atoms with van der Waals surface area (Å²) in [5.74, 6) is 0.359. The number of carbonyl (C=O) groups is 1. The third-order valence-corrected chi connectivity index (χ3v) is 6.24. The van der Waals surface area contributed by atoms with E-state index in [1.54, 1.807) is 24.3 Å². The van der Waals surface area contributed by atoms with Crippen molar-refractivity contribution >= 4 is 21.6 Å². The Morgan fingerprint density at radius 1 is 1.27 bits per heavy atom. The highest BCUT2D eigenvalue weighted by Gasteiger charge is 2.31. The van der Waals surface area contributed by atoms with Crippen LogP contribution in [-0.4, -0.2) is 43.9 Å². The smallest absolute Gasteiger partial charge is 0.253 e. The molecule has 1 atom stereocenters. The van der Waals surface area contributed by atoms with Crippen molar-refractivity contribution in [3.05, 3.63) is 59.5 Å². The Labute approximate surface area is 152 Å². The zero-order valence-corrected chi connectivity index (χ0v) is 15.2. The van der Waals surface area contributed by atoms with Gasteiger partial charge in [-0.15, -0.1) is 0 Å². The second-order valence-electron chi connectivity index (χ2n) is 6.38. The van der Waals surface area contributed by atoms with Crippen molar-refractivity contribution in [2.24, 2.45) is 0 Å². The third kappa shape index (κ3) is 4.37. The maximum Gasteiger partial charge on any atom is 0.253 e. The minimum atomic E-state index is -2.96. The molecule has 0 saturated carbocycles. The maximum absolute atomic E-state index is 12.9. The second-order valence-corrected chi connectivity index (χ2v) is 8.61. The fourth-order valence-corrected chi connectivity index (χ4v) is 4.66. The van der Waals surface area contributed by atoms with Gasteiger partial charge in [0.25, 0.3) is 5.91 Å². The molecular weight excluding hydrogens is 357 g/mol. The van der Waals surface area contributed by atoms with Crippen LogP contribution in [0.1, 0.15) is 22.3 Å². The van der Waals surface area contributed by atoms with Gasteiger partial charge in [-0.2, -0.15) is 0 Å². The molecule has 1 amide bonds. The van der Waals surface area contributed by atoms with Gasteiger partial charge in [0, 0.05) is 25.8 Å². The fraction of sp³-hybridized carbons (Fsp3) is 0.333. The largest absolute Gasteiger partial charge is 0.356 e. The molecule has 0 bridgehead atoms. The van der Waals surface area contributed by atoms with E-state index in [-0.39, 0.29) is 29.3 Å². The van der Waals surface area contributed by atoms with Gasteiger partial charge in [0.1, 0.15) is 11.6 Å². The number of benzene rings is 1. The molecular formula is C18H20FN3O3S. The number of nitrogens with zero attached hydrogens (tertiary/aromatic N) is 2. The van der Waals surface area contributed by atoms with E-state index in [1.807, 2.05) is 11.9 Å². The normalized spacial score (nSPS) is 18.5.